The van der Waals surface area contributed by atoms with E-state index in [0.717, 1.165) is 0 Å². The maximum Gasteiger partial charge on any atom is 0.0778 e. The highest BCUT2D eigenvalue weighted by atomic mass is 31.1. The molecule has 14 heavy (non-hydrogen) atoms. The summed E-state index contributed by atoms with van der Waals surface area (Å²) in [6, 6.07) is 0. The van der Waals surface area contributed by atoms with Gasteiger partial charge in [0.1, 0.15) is 0 Å². The van der Waals surface area contributed by atoms with Crippen LogP contribution in [0.4, 0.5) is 0 Å². The van der Waals surface area contributed by atoms with Crippen LogP contribution < -0.4 is 0 Å². The van der Waals surface area contributed by atoms with Gasteiger partial charge in [-0.15, -0.1) is 0 Å². The van der Waals surface area contributed by atoms with E-state index < -0.39 is 25.5 Å². The van der Waals surface area contributed by atoms with Crippen molar-refractivity contribution in [1.82, 2.24) is 0 Å². The molecule has 4 unspecified atom stereocenters. The van der Waals surface area contributed by atoms with Crippen LogP contribution in [0, 0.1) is 0 Å². The average Bonchev–Trinajstić information content (AvgIpc) is 2.16. The standard InChI is InChI=1S/C9H21O3P.H3P/c1-4-7(10)13(8(11)5-2)9(12)6-3;/h7-12H,4-6H2,1-3H3;1H3. The Labute approximate surface area is 91.3 Å². The molecule has 0 aliphatic heterocycles. The molecule has 0 bridgehead atoms. The average molecular weight is 242 g/mol. The molecule has 0 aliphatic rings. The predicted octanol–water partition coefficient (Wildman–Crippen LogP) is 1.71. The van der Waals surface area contributed by atoms with E-state index in [2.05, 4.69) is 0 Å². The number of aliphatic hydroxyl groups excluding tert-OH is 3. The van der Waals surface area contributed by atoms with Crippen LogP contribution in [0.2, 0.25) is 0 Å². The van der Waals surface area contributed by atoms with E-state index in [4.69, 9.17) is 0 Å². The van der Waals surface area contributed by atoms with Gasteiger partial charge >= 0.3 is 0 Å². The van der Waals surface area contributed by atoms with Gasteiger partial charge in [0.25, 0.3) is 0 Å². The van der Waals surface area contributed by atoms with E-state index in [1.54, 1.807) is 0 Å². The minimum absolute atomic E-state index is 0. The van der Waals surface area contributed by atoms with Gasteiger partial charge in [0.15, 0.2) is 0 Å². The lowest BCUT2D eigenvalue weighted by Crippen LogP contribution is -2.21. The largest absolute Gasteiger partial charge is 0.388 e. The van der Waals surface area contributed by atoms with E-state index in [-0.39, 0.29) is 9.90 Å². The molecule has 3 N–H and O–H groups in total. The smallest absolute Gasteiger partial charge is 0.0778 e. The van der Waals surface area contributed by atoms with Gasteiger partial charge in [-0.3, -0.25) is 0 Å². The number of hydrogen-bond donors (Lipinski definition) is 3. The fourth-order valence-corrected chi connectivity index (χ4v) is 3.69. The lowest BCUT2D eigenvalue weighted by Gasteiger charge is -2.30. The molecular weight excluding hydrogens is 218 g/mol. The van der Waals surface area contributed by atoms with E-state index in [1.807, 2.05) is 20.8 Å². The summed E-state index contributed by atoms with van der Waals surface area (Å²) in [4.78, 5) is 0. The number of hydrogen-bond acceptors (Lipinski definition) is 3. The molecule has 0 spiro atoms. The monoisotopic (exact) mass is 242 g/mol. The molecule has 0 saturated carbocycles. The zero-order chi connectivity index (χ0) is 10.4. The summed E-state index contributed by atoms with van der Waals surface area (Å²) in [6.45, 7) is 5.60. The Morgan fingerprint density at radius 2 is 1.00 bits per heavy atom. The van der Waals surface area contributed by atoms with Crippen molar-refractivity contribution < 1.29 is 15.3 Å². The molecule has 0 rings (SSSR count). The Balaban J connectivity index is 0. The maximum absolute atomic E-state index is 9.63. The van der Waals surface area contributed by atoms with Gasteiger partial charge in [-0.25, -0.2) is 0 Å². The van der Waals surface area contributed by atoms with Gasteiger partial charge in [0.2, 0.25) is 0 Å². The van der Waals surface area contributed by atoms with Crippen LogP contribution in [-0.4, -0.2) is 32.9 Å². The van der Waals surface area contributed by atoms with Crippen LogP contribution >= 0.6 is 17.8 Å². The van der Waals surface area contributed by atoms with Crippen LogP contribution in [0.25, 0.3) is 0 Å². The summed E-state index contributed by atoms with van der Waals surface area (Å²) in [7, 11) is -1.08. The molecule has 0 aromatic heterocycles. The summed E-state index contributed by atoms with van der Waals surface area (Å²) in [5, 5.41) is 28.9. The molecule has 0 radical (unpaired) electrons. The zero-order valence-electron chi connectivity index (χ0n) is 9.35. The highest BCUT2D eigenvalue weighted by molar-refractivity contribution is 7.59. The first-order valence-electron chi connectivity index (χ1n) is 4.90. The van der Waals surface area contributed by atoms with Gasteiger partial charge in [0, 0.05) is 0 Å². The van der Waals surface area contributed by atoms with Crippen molar-refractivity contribution in [2.75, 3.05) is 0 Å². The van der Waals surface area contributed by atoms with E-state index in [1.165, 1.54) is 0 Å². The lowest BCUT2D eigenvalue weighted by molar-refractivity contribution is 0.188. The normalized spacial score (nSPS) is 19.3. The first-order valence-corrected chi connectivity index (χ1v) is 6.44. The van der Waals surface area contributed by atoms with Crippen molar-refractivity contribution in [3.05, 3.63) is 0 Å². The van der Waals surface area contributed by atoms with Gasteiger partial charge in [-0.2, -0.15) is 9.90 Å². The second-order valence-electron chi connectivity index (χ2n) is 3.11. The molecule has 88 valence electrons. The summed E-state index contributed by atoms with van der Waals surface area (Å²) in [5.41, 5.74) is 0. The van der Waals surface area contributed by atoms with Gasteiger partial charge < -0.3 is 15.3 Å². The zero-order valence-corrected chi connectivity index (χ0v) is 11.7. The molecule has 0 aromatic carbocycles. The molecule has 0 amide bonds. The van der Waals surface area contributed by atoms with Crippen LogP contribution in [0.5, 0.6) is 0 Å². The number of aliphatic hydroxyl groups is 3. The van der Waals surface area contributed by atoms with Crippen LogP contribution in [0.1, 0.15) is 40.0 Å². The van der Waals surface area contributed by atoms with Crippen molar-refractivity contribution in [2.24, 2.45) is 0 Å². The first-order chi connectivity index (χ1) is 6.08. The molecule has 0 fully saturated rings. The highest BCUT2D eigenvalue weighted by Gasteiger charge is 2.29. The van der Waals surface area contributed by atoms with Crippen molar-refractivity contribution in [3.8, 4) is 0 Å². The molecular formula is C9H24O3P2. The third-order valence-electron chi connectivity index (χ3n) is 2.13. The Morgan fingerprint density at radius 1 is 0.786 bits per heavy atom. The molecule has 0 aliphatic carbocycles. The fourth-order valence-electron chi connectivity index (χ4n) is 1.23. The maximum atomic E-state index is 9.63. The third kappa shape index (κ3) is 5.00. The molecule has 5 heteroatoms. The highest BCUT2D eigenvalue weighted by Crippen LogP contribution is 2.51. The summed E-state index contributed by atoms with van der Waals surface area (Å²) >= 11 is 0. The van der Waals surface area contributed by atoms with Crippen LogP contribution in [0.15, 0.2) is 0 Å². The Morgan fingerprint density at radius 3 is 1.14 bits per heavy atom. The van der Waals surface area contributed by atoms with Gasteiger partial charge in [-0.05, 0) is 27.2 Å². The van der Waals surface area contributed by atoms with Gasteiger partial charge in [0.05, 0.1) is 17.5 Å². The second kappa shape index (κ2) is 9.00. The van der Waals surface area contributed by atoms with E-state index in [9.17, 15) is 15.3 Å². The molecule has 0 heterocycles. The van der Waals surface area contributed by atoms with Crippen LogP contribution in [0.3, 0.4) is 0 Å². The fraction of sp³-hybridized carbons (Fsp3) is 1.00. The SMILES string of the molecule is CCC(O)P(C(O)CC)C(O)CC.P. The Hall–Kier alpha value is 0.740. The minimum atomic E-state index is -1.08. The predicted molar refractivity (Wildman–Crippen MR) is 66.9 cm³/mol. The molecule has 0 saturated heterocycles. The Kier molecular flexibility index (Phi) is 11.0. The summed E-state index contributed by atoms with van der Waals surface area (Å²) in [6.07, 6.45) is 1.79. The Bertz CT molecular complexity index is 111. The lowest BCUT2D eigenvalue weighted by atomic mass is 10.5. The van der Waals surface area contributed by atoms with E-state index in [0.29, 0.717) is 19.3 Å². The van der Waals surface area contributed by atoms with Gasteiger partial charge in [-0.1, -0.05) is 20.8 Å². The molecule has 3 nitrogen and oxygen atoms in total. The van der Waals surface area contributed by atoms with Crippen molar-refractivity contribution in [1.29, 1.82) is 0 Å². The first kappa shape index (κ1) is 17.1. The second-order valence-corrected chi connectivity index (χ2v) is 5.80. The van der Waals surface area contributed by atoms with Crippen LogP contribution in [-0.2, 0) is 0 Å². The summed E-state index contributed by atoms with van der Waals surface area (Å²) in [5.74, 6) is -1.63. The number of rotatable bonds is 6. The molecule has 4 atom stereocenters. The van der Waals surface area contributed by atoms with Crippen molar-refractivity contribution in [3.63, 3.8) is 0 Å². The quantitative estimate of drug-likeness (QED) is 0.621. The topological polar surface area (TPSA) is 60.7 Å². The molecule has 0 aromatic rings. The minimum Gasteiger partial charge on any atom is -0.388 e. The van der Waals surface area contributed by atoms with Crippen molar-refractivity contribution in [2.45, 2.75) is 57.6 Å². The third-order valence-corrected chi connectivity index (χ3v) is 5.29. The van der Waals surface area contributed by atoms with E-state index >= 15 is 0 Å². The summed E-state index contributed by atoms with van der Waals surface area (Å²) < 4.78 is 0. The van der Waals surface area contributed by atoms with Crippen molar-refractivity contribution >= 4 is 17.8 Å².